The van der Waals surface area contributed by atoms with Crippen LogP contribution in [-0.2, 0) is 4.74 Å². The zero-order valence-electron chi connectivity index (χ0n) is 12.7. The minimum absolute atomic E-state index is 0.0434. The molecule has 1 aromatic rings. The molecule has 0 spiro atoms. The van der Waals surface area contributed by atoms with Crippen LogP contribution in [0.3, 0.4) is 0 Å². The highest BCUT2D eigenvalue weighted by Gasteiger charge is 2.20. The van der Waals surface area contributed by atoms with E-state index in [0.717, 1.165) is 45.0 Å². The van der Waals surface area contributed by atoms with Crippen LogP contribution in [0.2, 0.25) is 0 Å². The molecule has 2 unspecified atom stereocenters. The maximum Gasteiger partial charge on any atom is 0.126 e. The molecule has 1 fully saturated rings. The standard InChI is InChI=1S/C16H24F2N2O/c1-19-16(12-8-13(17)10-14(18)9-12)5-7-20-6-3-4-15(11-20)21-2/h8-10,15-16,19H,3-7,11H2,1-2H3. The van der Waals surface area contributed by atoms with Crippen LogP contribution in [0.1, 0.15) is 30.9 Å². The van der Waals surface area contributed by atoms with Crippen LogP contribution in [0, 0.1) is 11.6 Å². The predicted octanol–water partition coefficient (Wildman–Crippen LogP) is 2.73. The molecule has 0 aromatic heterocycles. The summed E-state index contributed by atoms with van der Waals surface area (Å²) in [5.74, 6) is -1.05. The Kier molecular flexibility index (Phi) is 6.08. The van der Waals surface area contributed by atoms with Crippen LogP contribution < -0.4 is 5.32 Å². The average Bonchev–Trinajstić information content (AvgIpc) is 2.47. The summed E-state index contributed by atoms with van der Waals surface area (Å²) in [6.07, 6.45) is 3.36. The number of benzene rings is 1. The van der Waals surface area contributed by atoms with Crippen LogP contribution >= 0.6 is 0 Å². The molecule has 2 rings (SSSR count). The number of nitrogens with one attached hydrogen (secondary N) is 1. The SMILES string of the molecule is CNC(CCN1CCCC(OC)C1)c1cc(F)cc(F)c1. The van der Waals surface area contributed by atoms with E-state index in [1.807, 2.05) is 7.05 Å². The monoisotopic (exact) mass is 298 g/mol. The van der Waals surface area contributed by atoms with Gasteiger partial charge in [0.25, 0.3) is 0 Å². The fourth-order valence-corrected chi connectivity index (χ4v) is 2.97. The van der Waals surface area contributed by atoms with E-state index in [-0.39, 0.29) is 6.04 Å². The van der Waals surface area contributed by atoms with E-state index in [2.05, 4.69) is 10.2 Å². The normalized spacial score (nSPS) is 21.4. The van der Waals surface area contributed by atoms with Crippen molar-refractivity contribution in [3.05, 3.63) is 35.4 Å². The molecule has 0 amide bonds. The Morgan fingerprint density at radius 3 is 2.67 bits per heavy atom. The summed E-state index contributed by atoms with van der Waals surface area (Å²) < 4.78 is 32.1. The zero-order valence-corrected chi connectivity index (χ0v) is 12.7. The molecule has 5 heteroatoms. The van der Waals surface area contributed by atoms with Crippen molar-refractivity contribution in [2.75, 3.05) is 33.8 Å². The van der Waals surface area contributed by atoms with Crippen LogP contribution in [0.15, 0.2) is 18.2 Å². The minimum atomic E-state index is -0.525. The maximum atomic E-state index is 13.3. The highest BCUT2D eigenvalue weighted by atomic mass is 19.1. The lowest BCUT2D eigenvalue weighted by Crippen LogP contribution is -2.40. The third-order valence-corrected chi connectivity index (χ3v) is 4.17. The van der Waals surface area contributed by atoms with Gasteiger partial charge in [0, 0.05) is 32.3 Å². The van der Waals surface area contributed by atoms with Gasteiger partial charge in [-0.05, 0) is 50.6 Å². The number of piperidine rings is 1. The first-order valence-electron chi connectivity index (χ1n) is 7.50. The van der Waals surface area contributed by atoms with Gasteiger partial charge >= 0.3 is 0 Å². The third-order valence-electron chi connectivity index (χ3n) is 4.17. The van der Waals surface area contributed by atoms with Crippen molar-refractivity contribution in [2.24, 2.45) is 0 Å². The number of rotatable bonds is 6. The molecule has 1 aliphatic rings. The van der Waals surface area contributed by atoms with Crippen LogP contribution in [0.4, 0.5) is 8.78 Å². The van der Waals surface area contributed by atoms with Gasteiger partial charge in [0.05, 0.1) is 6.10 Å². The summed E-state index contributed by atoms with van der Waals surface area (Å²) >= 11 is 0. The number of hydrogen-bond acceptors (Lipinski definition) is 3. The van der Waals surface area contributed by atoms with Crippen molar-refractivity contribution < 1.29 is 13.5 Å². The van der Waals surface area contributed by atoms with Crippen LogP contribution in [0.25, 0.3) is 0 Å². The van der Waals surface area contributed by atoms with Gasteiger partial charge in [-0.1, -0.05) is 0 Å². The molecular weight excluding hydrogens is 274 g/mol. The highest BCUT2D eigenvalue weighted by molar-refractivity contribution is 5.21. The van der Waals surface area contributed by atoms with Gasteiger partial charge in [-0.25, -0.2) is 8.78 Å². The largest absolute Gasteiger partial charge is 0.380 e. The number of methoxy groups -OCH3 is 1. The fourth-order valence-electron chi connectivity index (χ4n) is 2.97. The molecule has 0 bridgehead atoms. The first-order valence-corrected chi connectivity index (χ1v) is 7.50. The molecule has 1 aromatic carbocycles. The van der Waals surface area contributed by atoms with Crippen molar-refractivity contribution in [3.8, 4) is 0 Å². The molecule has 1 N–H and O–H groups in total. The summed E-state index contributed by atoms with van der Waals surface area (Å²) in [4.78, 5) is 2.36. The molecular formula is C16H24F2N2O. The van der Waals surface area contributed by atoms with Crippen molar-refractivity contribution in [1.82, 2.24) is 10.2 Å². The van der Waals surface area contributed by atoms with Gasteiger partial charge in [-0.3, -0.25) is 0 Å². The van der Waals surface area contributed by atoms with Gasteiger partial charge < -0.3 is 15.0 Å². The van der Waals surface area contributed by atoms with Gasteiger partial charge in [0.2, 0.25) is 0 Å². The molecule has 0 aliphatic carbocycles. The second kappa shape index (κ2) is 7.82. The van der Waals surface area contributed by atoms with Crippen molar-refractivity contribution in [3.63, 3.8) is 0 Å². The van der Waals surface area contributed by atoms with E-state index < -0.39 is 11.6 Å². The van der Waals surface area contributed by atoms with E-state index in [1.54, 1.807) is 7.11 Å². The molecule has 3 nitrogen and oxygen atoms in total. The molecule has 21 heavy (non-hydrogen) atoms. The lowest BCUT2D eigenvalue weighted by Gasteiger charge is -2.32. The molecule has 0 saturated carbocycles. The Hall–Kier alpha value is -1.04. The molecule has 1 aliphatic heterocycles. The topological polar surface area (TPSA) is 24.5 Å². The van der Waals surface area contributed by atoms with E-state index in [9.17, 15) is 8.78 Å². The molecule has 1 saturated heterocycles. The Labute approximate surface area is 125 Å². The summed E-state index contributed by atoms with van der Waals surface area (Å²) in [5.41, 5.74) is 0.662. The number of nitrogens with zero attached hydrogens (tertiary/aromatic N) is 1. The summed E-state index contributed by atoms with van der Waals surface area (Å²) in [6.45, 7) is 2.89. The van der Waals surface area contributed by atoms with Crippen molar-refractivity contribution in [1.29, 1.82) is 0 Å². The first-order chi connectivity index (χ1) is 10.1. The van der Waals surface area contributed by atoms with Gasteiger partial charge in [0.1, 0.15) is 11.6 Å². The Morgan fingerprint density at radius 2 is 2.05 bits per heavy atom. The number of ether oxygens (including phenoxy) is 1. The van der Waals surface area contributed by atoms with E-state index in [0.29, 0.717) is 11.7 Å². The lowest BCUT2D eigenvalue weighted by atomic mass is 10.0. The van der Waals surface area contributed by atoms with E-state index in [4.69, 9.17) is 4.74 Å². The van der Waals surface area contributed by atoms with Crippen molar-refractivity contribution >= 4 is 0 Å². The van der Waals surface area contributed by atoms with Crippen LogP contribution in [-0.4, -0.2) is 44.8 Å². The Balaban J connectivity index is 1.93. The van der Waals surface area contributed by atoms with Gasteiger partial charge in [-0.15, -0.1) is 0 Å². The second-order valence-electron chi connectivity index (χ2n) is 5.63. The minimum Gasteiger partial charge on any atom is -0.380 e. The van der Waals surface area contributed by atoms with Gasteiger partial charge in [0.15, 0.2) is 0 Å². The van der Waals surface area contributed by atoms with Gasteiger partial charge in [-0.2, -0.15) is 0 Å². The summed E-state index contributed by atoms with van der Waals surface area (Å²) in [7, 11) is 3.57. The van der Waals surface area contributed by atoms with E-state index in [1.165, 1.54) is 12.1 Å². The molecule has 118 valence electrons. The number of likely N-dealkylation sites (tertiary alicyclic amines) is 1. The second-order valence-corrected chi connectivity index (χ2v) is 5.63. The Morgan fingerprint density at radius 1 is 1.33 bits per heavy atom. The number of hydrogen-bond donors (Lipinski definition) is 1. The fraction of sp³-hybridized carbons (Fsp3) is 0.625. The lowest BCUT2D eigenvalue weighted by molar-refractivity contribution is 0.0302. The predicted molar refractivity (Wildman–Crippen MR) is 79.2 cm³/mol. The van der Waals surface area contributed by atoms with E-state index >= 15 is 0 Å². The first kappa shape index (κ1) is 16.3. The molecule has 2 atom stereocenters. The summed E-state index contributed by atoms with van der Waals surface area (Å²) in [6, 6.07) is 3.67. The number of halogens is 2. The summed E-state index contributed by atoms with van der Waals surface area (Å²) in [5, 5.41) is 3.15. The smallest absolute Gasteiger partial charge is 0.126 e. The van der Waals surface area contributed by atoms with Crippen molar-refractivity contribution in [2.45, 2.75) is 31.4 Å². The maximum absolute atomic E-state index is 13.3. The quantitative estimate of drug-likeness (QED) is 0.874. The molecule has 1 heterocycles. The third kappa shape index (κ3) is 4.73. The van der Waals surface area contributed by atoms with Crippen LogP contribution in [0.5, 0.6) is 0 Å². The molecule has 0 radical (unpaired) electrons. The average molecular weight is 298 g/mol. The zero-order chi connectivity index (χ0) is 15.2. The highest BCUT2D eigenvalue weighted by Crippen LogP contribution is 2.21. The Bertz CT molecular complexity index is 436.